The molecule has 2 aromatic rings. The predicted molar refractivity (Wildman–Crippen MR) is 72.2 cm³/mol. The first-order chi connectivity index (χ1) is 8.01. The van der Waals surface area contributed by atoms with Crippen molar-refractivity contribution in [3.8, 4) is 0 Å². The average molecular weight is 252 g/mol. The third kappa shape index (κ3) is 1.94. The number of fused-ring (bicyclic) bond motifs is 1. The number of rotatable bonds is 3. The smallest absolute Gasteiger partial charge is 0.129 e. The highest BCUT2D eigenvalue weighted by Gasteiger charge is 2.26. The van der Waals surface area contributed by atoms with Crippen LogP contribution in [0, 0.1) is 0 Å². The summed E-state index contributed by atoms with van der Waals surface area (Å²) in [7, 11) is 0. The Bertz CT molecular complexity index is 543. The zero-order valence-corrected chi connectivity index (χ0v) is 11.3. The number of hydrogen-bond acceptors (Lipinski definition) is 2. The van der Waals surface area contributed by atoms with Crippen LogP contribution in [0.5, 0.6) is 0 Å². The van der Waals surface area contributed by atoms with Gasteiger partial charge in [0.1, 0.15) is 5.82 Å². The Labute approximate surface area is 107 Å². The Balaban J connectivity index is 2.78. The van der Waals surface area contributed by atoms with E-state index in [1.807, 2.05) is 25.1 Å². The third-order valence-corrected chi connectivity index (χ3v) is 3.58. The van der Waals surface area contributed by atoms with E-state index in [1.165, 1.54) is 0 Å². The molecule has 1 heterocycles. The van der Waals surface area contributed by atoms with Gasteiger partial charge in [-0.25, -0.2) is 4.98 Å². The molecule has 0 saturated heterocycles. The van der Waals surface area contributed by atoms with E-state index in [2.05, 4.69) is 23.4 Å². The van der Waals surface area contributed by atoms with Gasteiger partial charge in [0, 0.05) is 6.54 Å². The molecule has 1 atom stereocenters. The van der Waals surface area contributed by atoms with Crippen LogP contribution in [0.2, 0.25) is 5.02 Å². The summed E-state index contributed by atoms with van der Waals surface area (Å²) in [5.74, 6) is 0.908. The number of para-hydroxylation sites is 1. The van der Waals surface area contributed by atoms with Crippen molar-refractivity contribution in [1.82, 2.24) is 9.55 Å². The van der Waals surface area contributed by atoms with Gasteiger partial charge in [0.05, 0.1) is 21.6 Å². The van der Waals surface area contributed by atoms with Gasteiger partial charge in [0.2, 0.25) is 0 Å². The maximum Gasteiger partial charge on any atom is 0.129 e. The molecule has 3 nitrogen and oxygen atoms in total. The number of benzene rings is 1. The van der Waals surface area contributed by atoms with Crippen molar-refractivity contribution in [2.45, 2.75) is 39.3 Å². The molecule has 0 aliphatic carbocycles. The molecule has 92 valence electrons. The summed E-state index contributed by atoms with van der Waals surface area (Å²) < 4.78 is 2.11. The molecule has 0 aliphatic rings. The largest absolute Gasteiger partial charge is 0.325 e. The average Bonchev–Trinajstić information content (AvgIpc) is 2.69. The third-order valence-electron chi connectivity index (χ3n) is 3.28. The molecule has 1 unspecified atom stereocenters. The van der Waals surface area contributed by atoms with Crippen LogP contribution in [0.1, 0.15) is 33.0 Å². The van der Waals surface area contributed by atoms with Crippen LogP contribution in [0.3, 0.4) is 0 Å². The molecule has 17 heavy (non-hydrogen) atoms. The molecule has 1 aromatic heterocycles. The number of aryl methyl sites for hydroxylation is 1. The van der Waals surface area contributed by atoms with E-state index in [4.69, 9.17) is 17.3 Å². The highest BCUT2D eigenvalue weighted by Crippen LogP contribution is 2.29. The molecule has 0 aliphatic heterocycles. The monoisotopic (exact) mass is 251 g/mol. The van der Waals surface area contributed by atoms with Crippen molar-refractivity contribution in [2.24, 2.45) is 5.73 Å². The van der Waals surface area contributed by atoms with E-state index in [1.54, 1.807) is 0 Å². The van der Waals surface area contributed by atoms with Crippen LogP contribution in [-0.4, -0.2) is 9.55 Å². The summed E-state index contributed by atoms with van der Waals surface area (Å²) in [5, 5.41) is 0.731. The minimum absolute atomic E-state index is 0.418. The quantitative estimate of drug-likeness (QED) is 0.910. The molecule has 0 bridgehead atoms. The van der Waals surface area contributed by atoms with Crippen molar-refractivity contribution in [3.63, 3.8) is 0 Å². The van der Waals surface area contributed by atoms with Crippen molar-refractivity contribution in [2.75, 3.05) is 0 Å². The maximum absolute atomic E-state index is 6.30. The Morgan fingerprint density at radius 3 is 2.71 bits per heavy atom. The van der Waals surface area contributed by atoms with Crippen LogP contribution in [0.25, 0.3) is 11.0 Å². The zero-order chi connectivity index (χ0) is 12.6. The summed E-state index contributed by atoms with van der Waals surface area (Å²) in [4.78, 5) is 4.64. The maximum atomic E-state index is 6.30. The molecule has 4 heteroatoms. The standard InChI is InChI=1S/C13H18ClN3/c1-4-13(3,15)12-16-10-8-6-7-9(14)11(10)17(12)5-2/h6-8H,4-5,15H2,1-3H3. The van der Waals surface area contributed by atoms with E-state index in [-0.39, 0.29) is 0 Å². The van der Waals surface area contributed by atoms with Gasteiger partial charge in [-0.2, -0.15) is 0 Å². The lowest BCUT2D eigenvalue weighted by atomic mass is 9.99. The molecule has 0 radical (unpaired) electrons. The lowest BCUT2D eigenvalue weighted by Crippen LogP contribution is -2.35. The number of imidazole rings is 1. The fourth-order valence-corrected chi connectivity index (χ4v) is 2.32. The lowest BCUT2D eigenvalue weighted by molar-refractivity contribution is 0.426. The van der Waals surface area contributed by atoms with Gasteiger partial charge in [-0.15, -0.1) is 0 Å². The van der Waals surface area contributed by atoms with Gasteiger partial charge in [0.15, 0.2) is 0 Å². The van der Waals surface area contributed by atoms with Crippen LogP contribution < -0.4 is 5.73 Å². The van der Waals surface area contributed by atoms with E-state index in [0.29, 0.717) is 0 Å². The first-order valence-electron chi connectivity index (χ1n) is 5.95. The predicted octanol–water partition coefficient (Wildman–Crippen LogP) is 3.29. The molecule has 0 amide bonds. The zero-order valence-electron chi connectivity index (χ0n) is 10.5. The van der Waals surface area contributed by atoms with Crippen LogP contribution in [0.4, 0.5) is 0 Å². The number of nitrogens with two attached hydrogens (primary N) is 1. The first-order valence-corrected chi connectivity index (χ1v) is 6.33. The van der Waals surface area contributed by atoms with E-state index >= 15 is 0 Å². The minimum atomic E-state index is -0.418. The van der Waals surface area contributed by atoms with Crippen LogP contribution in [-0.2, 0) is 12.1 Å². The highest BCUT2D eigenvalue weighted by atomic mass is 35.5. The van der Waals surface area contributed by atoms with E-state index in [9.17, 15) is 0 Å². The molecule has 0 spiro atoms. The van der Waals surface area contributed by atoms with Gasteiger partial charge >= 0.3 is 0 Å². The van der Waals surface area contributed by atoms with Crippen molar-refractivity contribution >= 4 is 22.6 Å². The van der Waals surface area contributed by atoms with E-state index < -0.39 is 5.54 Å². The van der Waals surface area contributed by atoms with Gasteiger partial charge in [-0.3, -0.25) is 0 Å². The summed E-state index contributed by atoms with van der Waals surface area (Å²) in [6.45, 7) is 6.98. The fraction of sp³-hybridized carbons (Fsp3) is 0.462. The summed E-state index contributed by atoms with van der Waals surface area (Å²) in [5.41, 5.74) is 7.78. The first kappa shape index (κ1) is 12.4. The van der Waals surface area contributed by atoms with Crippen LogP contribution in [0.15, 0.2) is 18.2 Å². The van der Waals surface area contributed by atoms with E-state index in [0.717, 1.165) is 34.8 Å². The fourth-order valence-electron chi connectivity index (χ4n) is 2.04. The molecular formula is C13H18ClN3. The number of aromatic nitrogens is 2. The molecule has 2 rings (SSSR count). The molecule has 0 fully saturated rings. The topological polar surface area (TPSA) is 43.8 Å². The Morgan fingerprint density at radius 2 is 2.12 bits per heavy atom. The van der Waals surface area contributed by atoms with Crippen molar-refractivity contribution in [3.05, 3.63) is 29.0 Å². The number of hydrogen-bond donors (Lipinski definition) is 1. The van der Waals surface area contributed by atoms with Gasteiger partial charge in [0.25, 0.3) is 0 Å². The Morgan fingerprint density at radius 1 is 1.41 bits per heavy atom. The molecule has 1 aromatic carbocycles. The van der Waals surface area contributed by atoms with Gasteiger partial charge in [-0.05, 0) is 32.4 Å². The van der Waals surface area contributed by atoms with Crippen molar-refractivity contribution < 1.29 is 0 Å². The van der Waals surface area contributed by atoms with Crippen molar-refractivity contribution in [1.29, 1.82) is 0 Å². The molecular weight excluding hydrogens is 234 g/mol. The van der Waals surface area contributed by atoms with Crippen LogP contribution >= 0.6 is 11.6 Å². The Kier molecular flexibility index (Phi) is 3.15. The SMILES string of the molecule is CCn1c(C(C)(N)CC)nc2cccc(Cl)c21. The molecule has 2 N–H and O–H groups in total. The van der Waals surface area contributed by atoms with Gasteiger partial charge in [-0.1, -0.05) is 24.6 Å². The second-order valence-electron chi connectivity index (χ2n) is 4.56. The lowest BCUT2D eigenvalue weighted by Gasteiger charge is -2.23. The summed E-state index contributed by atoms with van der Waals surface area (Å²) >= 11 is 6.25. The number of nitrogens with zero attached hydrogens (tertiary/aromatic N) is 2. The van der Waals surface area contributed by atoms with Gasteiger partial charge < -0.3 is 10.3 Å². The molecule has 0 saturated carbocycles. The Hall–Kier alpha value is -1.06. The normalized spacial score (nSPS) is 15.1. The number of halogens is 1. The minimum Gasteiger partial charge on any atom is -0.325 e. The summed E-state index contributed by atoms with van der Waals surface area (Å²) in [6, 6.07) is 5.78. The highest BCUT2D eigenvalue weighted by molar-refractivity contribution is 6.35. The summed E-state index contributed by atoms with van der Waals surface area (Å²) in [6.07, 6.45) is 0.841. The second-order valence-corrected chi connectivity index (χ2v) is 4.97. The second kappa shape index (κ2) is 4.31.